The molecule has 2 aromatic rings. The van der Waals surface area contributed by atoms with Crippen molar-refractivity contribution in [1.82, 2.24) is 4.57 Å². The van der Waals surface area contributed by atoms with Gasteiger partial charge in [0.15, 0.2) is 16.3 Å². The molecule has 0 N–H and O–H groups in total. The molecular weight excluding hydrogens is 288 g/mol. The predicted octanol–water partition coefficient (Wildman–Crippen LogP) is 2.72. The maximum absolute atomic E-state index is 11.6. The number of hydrogen-bond donors (Lipinski definition) is 0. The summed E-state index contributed by atoms with van der Waals surface area (Å²) in [6.07, 6.45) is 1.40. The van der Waals surface area contributed by atoms with Gasteiger partial charge in [0.05, 0.1) is 10.2 Å². The Morgan fingerprint density at radius 2 is 2.00 bits per heavy atom. The Morgan fingerprint density at radius 3 is 2.67 bits per heavy atom. The van der Waals surface area contributed by atoms with E-state index in [-0.39, 0.29) is 5.91 Å². The van der Waals surface area contributed by atoms with Crippen molar-refractivity contribution in [3.63, 3.8) is 0 Å². The number of benzene rings is 1. The molecule has 2 heterocycles. The van der Waals surface area contributed by atoms with Crippen molar-refractivity contribution in [3.05, 3.63) is 16.9 Å². The van der Waals surface area contributed by atoms with Crippen LogP contribution in [0.1, 0.15) is 26.7 Å². The summed E-state index contributed by atoms with van der Waals surface area (Å²) in [5.41, 5.74) is 1.05. The van der Waals surface area contributed by atoms with E-state index < -0.39 is 0 Å². The number of nitrogens with zero attached hydrogens (tertiary/aromatic N) is 2. The fourth-order valence-corrected chi connectivity index (χ4v) is 3.40. The van der Waals surface area contributed by atoms with E-state index in [9.17, 15) is 4.79 Å². The summed E-state index contributed by atoms with van der Waals surface area (Å²) in [5, 5.41) is 0. The Hall–Kier alpha value is -1.82. The quantitative estimate of drug-likeness (QED) is 0.876. The molecule has 0 spiro atoms. The molecule has 3 rings (SSSR count). The van der Waals surface area contributed by atoms with Gasteiger partial charge in [-0.15, -0.1) is 0 Å². The molecule has 1 aromatic heterocycles. The normalized spacial score (nSPS) is 14.7. The first-order chi connectivity index (χ1) is 10.2. The lowest BCUT2D eigenvalue weighted by atomic mass is 10.2. The summed E-state index contributed by atoms with van der Waals surface area (Å²) in [6, 6.07) is 3.97. The molecule has 1 aliphatic rings. The summed E-state index contributed by atoms with van der Waals surface area (Å²) in [5.74, 6) is 1.44. The topological polar surface area (TPSA) is 52.8 Å². The summed E-state index contributed by atoms with van der Waals surface area (Å²) in [4.78, 5) is 16.6. The van der Waals surface area contributed by atoms with E-state index in [4.69, 9.17) is 9.47 Å². The van der Waals surface area contributed by atoms with Crippen molar-refractivity contribution in [1.29, 1.82) is 0 Å². The van der Waals surface area contributed by atoms with E-state index in [0.29, 0.717) is 19.6 Å². The van der Waals surface area contributed by atoms with Gasteiger partial charge in [0.2, 0.25) is 5.91 Å². The van der Waals surface area contributed by atoms with Crippen LogP contribution in [-0.4, -0.2) is 23.7 Å². The van der Waals surface area contributed by atoms with Crippen LogP contribution < -0.4 is 14.3 Å². The third-order valence-electron chi connectivity index (χ3n) is 3.32. The predicted molar refractivity (Wildman–Crippen MR) is 82.0 cm³/mol. The maximum atomic E-state index is 11.6. The Labute approximate surface area is 126 Å². The van der Waals surface area contributed by atoms with Crippen molar-refractivity contribution in [2.24, 2.45) is 4.99 Å². The molecule has 5 nitrogen and oxygen atoms in total. The van der Waals surface area contributed by atoms with Gasteiger partial charge in [-0.05, 0) is 6.42 Å². The summed E-state index contributed by atoms with van der Waals surface area (Å²) < 4.78 is 14.4. The molecule has 0 radical (unpaired) electrons. The summed E-state index contributed by atoms with van der Waals surface area (Å²) >= 11 is 1.52. The lowest BCUT2D eigenvalue weighted by molar-refractivity contribution is -0.117. The van der Waals surface area contributed by atoms with Crippen molar-refractivity contribution in [3.8, 4) is 11.5 Å². The van der Waals surface area contributed by atoms with Crippen molar-refractivity contribution in [2.75, 3.05) is 13.2 Å². The second-order valence-electron chi connectivity index (χ2n) is 4.86. The average molecular weight is 306 g/mol. The highest BCUT2D eigenvalue weighted by Gasteiger charge is 2.16. The first-order valence-corrected chi connectivity index (χ1v) is 8.05. The van der Waals surface area contributed by atoms with Gasteiger partial charge in [0, 0.05) is 25.1 Å². The zero-order valence-electron chi connectivity index (χ0n) is 12.2. The molecule has 0 aliphatic carbocycles. The van der Waals surface area contributed by atoms with Gasteiger partial charge in [-0.25, -0.2) is 0 Å². The van der Waals surface area contributed by atoms with Gasteiger partial charge >= 0.3 is 0 Å². The molecule has 0 unspecified atom stereocenters. The molecule has 1 aliphatic heterocycles. The van der Waals surface area contributed by atoms with Crippen molar-refractivity contribution >= 4 is 27.5 Å². The van der Waals surface area contributed by atoms with Gasteiger partial charge in [-0.1, -0.05) is 25.2 Å². The van der Waals surface area contributed by atoms with Crippen LogP contribution in [0.2, 0.25) is 0 Å². The largest absolute Gasteiger partial charge is 0.486 e. The number of ether oxygens (including phenoxy) is 2. The Morgan fingerprint density at radius 1 is 1.29 bits per heavy atom. The van der Waals surface area contributed by atoms with Gasteiger partial charge < -0.3 is 14.0 Å². The Balaban J connectivity index is 2.21. The third-order valence-corrected chi connectivity index (χ3v) is 4.36. The molecule has 0 bridgehead atoms. The van der Waals surface area contributed by atoms with E-state index in [2.05, 4.69) is 16.5 Å². The molecule has 0 saturated heterocycles. The molecule has 1 amide bonds. The standard InChI is InChI=1S/C15H18N2O3S/c1-3-5-17-10-8-11-12(20-7-6-19-11)9-13(10)21-15(17)16-14(18)4-2/h8-9H,3-7H2,1-2H3. The van der Waals surface area contributed by atoms with Crippen LogP contribution in [-0.2, 0) is 11.3 Å². The lowest BCUT2D eigenvalue weighted by Gasteiger charge is -2.18. The highest BCUT2D eigenvalue weighted by molar-refractivity contribution is 7.16. The van der Waals surface area contributed by atoms with Crippen LogP contribution in [0, 0.1) is 0 Å². The highest BCUT2D eigenvalue weighted by atomic mass is 32.1. The number of rotatable bonds is 3. The number of amides is 1. The van der Waals surface area contributed by atoms with Gasteiger partial charge in [0.25, 0.3) is 0 Å². The SMILES string of the molecule is CCCn1c(=NC(=O)CC)sc2cc3c(cc21)OCCO3. The lowest BCUT2D eigenvalue weighted by Crippen LogP contribution is -2.17. The van der Waals surface area contributed by atoms with E-state index >= 15 is 0 Å². The number of fused-ring (bicyclic) bond motifs is 2. The third kappa shape index (κ3) is 2.68. The van der Waals surface area contributed by atoms with E-state index in [1.165, 1.54) is 11.3 Å². The van der Waals surface area contributed by atoms with Crippen LogP contribution >= 0.6 is 11.3 Å². The molecule has 0 saturated carbocycles. The molecule has 1 aromatic carbocycles. The maximum Gasteiger partial charge on any atom is 0.248 e. The molecule has 6 heteroatoms. The second-order valence-corrected chi connectivity index (χ2v) is 5.87. The summed E-state index contributed by atoms with van der Waals surface area (Å²) in [6.45, 7) is 5.91. The first-order valence-electron chi connectivity index (χ1n) is 7.23. The zero-order valence-corrected chi connectivity index (χ0v) is 13.0. The van der Waals surface area contributed by atoms with Crippen LogP contribution in [0.15, 0.2) is 17.1 Å². The Kier molecular flexibility index (Phi) is 3.96. The average Bonchev–Trinajstić information content (AvgIpc) is 2.82. The second kappa shape index (κ2) is 5.89. The van der Waals surface area contributed by atoms with Crippen LogP contribution in [0.5, 0.6) is 11.5 Å². The molecule has 21 heavy (non-hydrogen) atoms. The first kappa shape index (κ1) is 14.1. The van der Waals surface area contributed by atoms with Crippen molar-refractivity contribution in [2.45, 2.75) is 33.2 Å². The van der Waals surface area contributed by atoms with Crippen LogP contribution in [0.25, 0.3) is 10.2 Å². The van der Waals surface area contributed by atoms with Gasteiger partial charge in [-0.2, -0.15) is 4.99 Å². The van der Waals surface area contributed by atoms with E-state index in [0.717, 1.165) is 39.5 Å². The Bertz CT molecular complexity index is 745. The molecule has 0 atom stereocenters. The van der Waals surface area contributed by atoms with Crippen molar-refractivity contribution < 1.29 is 14.3 Å². The molecule has 0 fully saturated rings. The molecule has 112 valence electrons. The minimum absolute atomic E-state index is 0.0938. The zero-order chi connectivity index (χ0) is 14.8. The fourth-order valence-electron chi connectivity index (χ4n) is 2.32. The minimum atomic E-state index is -0.0938. The monoisotopic (exact) mass is 306 g/mol. The smallest absolute Gasteiger partial charge is 0.248 e. The number of aryl methyl sites for hydroxylation is 1. The van der Waals surface area contributed by atoms with Gasteiger partial charge in [0.1, 0.15) is 13.2 Å². The van der Waals surface area contributed by atoms with Crippen LogP contribution in [0.3, 0.4) is 0 Å². The number of carbonyl (C=O) groups is 1. The summed E-state index contributed by atoms with van der Waals surface area (Å²) in [7, 11) is 0. The highest BCUT2D eigenvalue weighted by Crippen LogP contribution is 2.35. The number of hydrogen-bond acceptors (Lipinski definition) is 4. The fraction of sp³-hybridized carbons (Fsp3) is 0.467. The van der Waals surface area contributed by atoms with Gasteiger partial charge in [-0.3, -0.25) is 4.79 Å². The van der Waals surface area contributed by atoms with Crippen LogP contribution in [0.4, 0.5) is 0 Å². The van der Waals surface area contributed by atoms with E-state index in [1.54, 1.807) is 0 Å². The minimum Gasteiger partial charge on any atom is -0.486 e. The van der Waals surface area contributed by atoms with E-state index in [1.807, 2.05) is 19.1 Å². The number of carbonyl (C=O) groups excluding carboxylic acids is 1. The number of thiazole rings is 1. The number of aromatic nitrogens is 1. The molecular formula is C15H18N2O3S.